The molecule has 2 rings (SSSR count). The lowest BCUT2D eigenvalue weighted by atomic mass is 10.2. The number of carbonyl (C=O) groups excluding carboxylic acids is 3. The first-order valence-corrected chi connectivity index (χ1v) is 7.44. The van der Waals surface area contributed by atoms with Crippen LogP contribution in [0.5, 0.6) is 0 Å². The van der Waals surface area contributed by atoms with Crippen molar-refractivity contribution in [2.24, 2.45) is 5.84 Å². The molecule has 8 nitrogen and oxygen atoms in total. The molecular formula is C12H17N5O3S. The summed E-state index contributed by atoms with van der Waals surface area (Å²) in [7, 11) is 0. The van der Waals surface area contributed by atoms with Crippen molar-refractivity contribution in [3.63, 3.8) is 0 Å². The Kier molecular flexibility index (Phi) is 4.86. The largest absolute Gasteiger partial charge is 0.332 e. The molecule has 0 aliphatic carbocycles. The third kappa shape index (κ3) is 3.56. The molecule has 0 saturated carbocycles. The van der Waals surface area contributed by atoms with Gasteiger partial charge in [-0.05, 0) is 6.42 Å². The van der Waals surface area contributed by atoms with Gasteiger partial charge in [-0.2, -0.15) is 0 Å². The number of rotatable bonds is 5. The Morgan fingerprint density at radius 2 is 2.05 bits per heavy atom. The number of carbonyl (C=O) groups is 3. The lowest BCUT2D eigenvalue weighted by Crippen LogP contribution is -2.53. The molecule has 3 N–H and O–H groups in total. The summed E-state index contributed by atoms with van der Waals surface area (Å²) in [5.41, 5.74) is 2.57. The third-order valence-corrected chi connectivity index (χ3v) is 3.97. The molecule has 9 heteroatoms. The molecule has 1 aromatic heterocycles. The van der Waals surface area contributed by atoms with Crippen LogP contribution in [-0.2, 0) is 16.1 Å². The van der Waals surface area contributed by atoms with Gasteiger partial charge in [0.25, 0.3) is 5.91 Å². The minimum Gasteiger partial charge on any atom is -0.332 e. The minimum absolute atomic E-state index is 0.0504. The highest BCUT2D eigenvalue weighted by Crippen LogP contribution is 2.14. The van der Waals surface area contributed by atoms with E-state index in [1.807, 2.05) is 12.3 Å². The fraction of sp³-hybridized carbons (Fsp3) is 0.500. The van der Waals surface area contributed by atoms with Crippen molar-refractivity contribution in [1.29, 1.82) is 0 Å². The fourth-order valence-electron chi connectivity index (χ4n) is 2.06. The molecule has 0 aromatic carbocycles. The second-order valence-corrected chi connectivity index (χ2v) is 5.54. The number of nitrogens with two attached hydrogens (primary N) is 1. The summed E-state index contributed by atoms with van der Waals surface area (Å²) in [6.07, 6.45) is 0.822. The number of hydrazine groups is 1. The average molecular weight is 311 g/mol. The smallest absolute Gasteiger partial charge is 0.294 e. The standard InChI is InChI=1S/C12H17N5O3S/c1-2-3-16-5-10(19)17(6-9(16)18)4-8-7-21-12(14-8)11(20)15-13/h7H,2-6,13H2,1H3,(H,15,20). The van der Waals surface area contributed by atoms with Crippen molar-refractivity contribution in [1.82, 2.24) is 20.2 Å². The van der Waals surface area contributed by atoms with Crippen LogP contribution in [0.2, 0.25) is 0 Å². The zero-order chi connectivity index (χ0) is 15.4. The van der Waals surface area contributed by atoms with Crippen molar-refractivity contribution in [3.05, 3.63) is 16.1 Å². The summed E-state index contributed by atoms with van der Waals surface area (Å²) < 4.78 is 0. The molecule has 0 radical (unpaired) electrons. The van der Waals surface area contributed by atoms with Crippen molar-refractivity contribution in [2.45, 2.75) is 19.9 Å². The molecule has 0 spiro atoms. The number of amides is 3. The molecule has 1 aliphatic rings. The van der Waals surface area contributed by atoms with Crippen molar-refractivity contribution in [3.8, 4) is 0 Å². The summed E-state index contributed by atoms with van der Waals surface area (Å²) in [4.78, 5) is 42.4. The van der Waals surface area contributed by atoms with Crippen LogP contribution in [0.1, 0.15) is 28.8 Å². The van der Waals surface area contributed by atoms with E-state index in [1.54, 1.807) is 10.3 Å². The molecule has 1 aliphatic heterocycles. The number of hydrogen-bond acceptors (Lipinski definition) is 6. The van der Waals surface area contributed by atoms with Gasteiger partial charge in [-0.25, -0.2) is 10.8 Å². The van der Waals surface area contributed by atoms with E-state index in [0.717, 1.165) is 17.8 Å². The molecule has 1 aromatic rings. The summed E-state index contributed by atoms with van der Waals surface area (Å²) in [5.74, 6) is 4.39. The fourth-order valence-corrected chi connectivity index (χ4v) is 2.77. The Bertz CT molecular complexity index is 559. The molecule has 2 heterocycles. The second kappa shape index (κ2) is 6.64. The Hall–Kier alpha value is -2.00. The summed E-state index contributed by atoms with van der Waals surface area (Å²) in [6, 6.07) is 0. The van der Waals surface area contributed by atoms with Crippen LogP contribution in [0.4, 0.5) is 0 Å². The minimum atomic E-state index is -0.471. The lowest BCUT2D eigenvalue weighted by molar-refractivity contribution is -0.150. The van der Waals surface area contributed by atoms with Crippen LogP contribution in [0.15, 0.2) is 5.38 Å². The van der Waals surface area contributed by atoms with Gasteiger partial charge in [0, 0.05) is 11.9 Å². The Morgan fingerprint density at radius 3 is 2.71 bits per heavy atom. The van der Waals surface area contributed by atoms with Gasteiger partial charge in [-0.1, -0.05) is 6.92 Å². The topological polar surface area (TPSA) is 109 Å². The predicted molar refractivity (Wildman–Crippen MR) is 76.1 cm³/mol. The maximum Gasteiger partial charge on any atom is 0.294 e. The first-order valence-electron chi connectivity index (χ1n) is 6.56. The van der Waals surface area contributed by atoms with Gasteiger partial charge in [0.2, 0.25) is 11.8 Å². The number of aromatic nitrogens is 1. The Morgan fingerprint density at radius 1 is 1.38 bits per heavy atom. The highest BCUT2D eigenvalue weighted by molar-refractivity contribution is 7.11. The molecular weight excluding hydrogens is 294 g/mol. The van der Waals surface area contributed by atoms with Crippen LogP contribution in [0.3, 0.4) is 0 Å². The number of hydrogen-bond donors (Lipinski definition) is 2. The van der Waals surface area contributed by atoms with E-state index in [-0.39, 0.29) is 36.5 Å². The number of nitrogen functional groups attached to an aromatic ring is 1. The van der Waals surface area contributed by atoms with E-state index in [1.165, 1.54) is 4.90 Å². The predicted octanol–water partition coefficient (Wildman–Crippen LogP) is -0.673. The molecule has 1 saturated heterocycles. The van der Waals surface area contributed by atoms with E-state index in [0.29, 0.717) is 12.2 Å². The van der Waals surface area contributed by atoms with E-state index in [4.69, 9.17) is 5.84 Å². The number of nitrogens with zero attached hydrogens (tertiary/aromatic N) is 3. The molecule has 0 unspecified atom stereocenters. The second-order valence-electron chi connectivity index (χ2n) is 4.68. The molecule has 0 atom stereocenters. The highest BCUT2D eigenvalue weighted by Gasteiger charge is 2.29. The zero-order valence-corrected chi connectivity index (χ0v) is 12.5. The molecule has 114 valence electrons. The van der Waals surface area contributed by atoms with Crippen LogP contribution in [-0.4, -0.2) is 52.1 Å². The van der Waals surface area contributed by atoms with Crippen LogP contribution in [0.25, 0.3) is 0 Å². The van der Waals surface area contributed by atoms with E-state index >= 15 is 0 Å². The van der Waals surface area contributed by atoms with Gasteiger partial charge >= 0.3 is 0 Å². The van der Waals surface area contributed by atoms with Gasteiger partial charge in [0.1, 0.15) is 6.54 Å². The van der Waals surface area contributed by atoms with Crippen LogP contribution < -0.4 is 11.3 Å². The van der Waals surface area contributed by atoms with Gasteiger partial charge in [-0.3, -0.25) is 19.8 Å². The first-order chi connectivity index (χ1) is 10.0. The molecule has 3 amide bonds. The Balaban J connectivity index is 2.00. The molecule has 1 fully saturated rings. The van der Waals surface area contributed by atoms with Crippen LogP contribution in [0, 0.1) is 0 Å². The first kappa shape index (κ1) is 15.4. The van der Waals surface area contributed by atoms with Gasteiger partial charge in [0.15, 0.2) is 5.01 Å². The third-order valence-electron chi connectivity index (χ3n) is 3.08. The van der Waals surface area contributed by atoms with Gasteiger partial charge < -0.3 is 9.80 Å². The maximum absolute atomic E-state index is 12.0. The Labute approximate surface area is 125 Å². The van der Waals surface area contributed by atoms with Crippen molar-refractivity contribution < 1.29 is 14.4 Å². The average Bonchev–Trinajstić information content (AvgIpc) is 2.92. The van der Waals surface area contributed by atoms with Gasteiger partial charge in [-0.15, -0.1) is 11.3 Å². The monoisotopic (exact) mass is 311 g/mol. The van der Waals surface area contributed by atoms with E-state index < -0.39 is 5.91 Å². The number of thiazole rings is 1. The van der Waals surface area contributed by atoms with Crippen molar-refractivity contribution in [2.75, 3.05) is 19.6 Å². The summed E-state index contributed by atoms with van der Waals surface area (Å²) in [6.45, 7) is 2.93. The van der Waals surface area contributed by atoms with Crippen molar-refractivity contribution >= 4 is 29.1 Å². The maximum atomic E-state index is 12.0. The normalized spacial score (nSPS) is 15.5. The number of piperazine rings is 1. The SMILES string of the molecule is CCCN1CC(=O)N(Cc2csc(C(=O)NN)n2)CC1=O. The quantitative estimate of drug-likeness (QED) is 0.426. The summed E-state index contributed by atoms with van der Waals surface area (Å²) in [5, 5.41) is 1.91. The van der Waals surface area contributed by atoms with E-state index in [2.05, 4.69) is 4.98 Å². The van der Waals surface area contributed by atoms with E-state index in [9.17, 15) is 14.4 Å². The van der Waals surface area contributed by atoms with Crippen LogP contribution >= 0.6 is 11.3 Å². The number of nitrogens with one attached hydrogen (secondary N) is 1. The highest BCUT2D eigenvalue weighted by atomic mass is 32.1. The van der Waals surface area contributed by atoms with Gasteiger partial charge in [0.05, 0.1) is 18.8 Å². The lowest BCUT2D eigenvalue weighted by Gasteiger charge is -2.33. The molecule has 0 bridgehead atoms. The zero-order valence-electron chi connectivity index (χ0n) is 11.7. The summed E-state index contributed by atoms with van der Waals surface area (Å²) >= 11 is 1.15. The molecule has 21 heavy (non-hydrogen) atoms.